The number of benzene rings is 1. The van der Waals surface area contributed by atoms with Crippen LogP contribution in [0.15, 0.2) is 21.5 Å². The Bertz CT molecular complexity index is 593. The van der Waals surface area contributed by atoms with Crippen molar-refractivity contribution in [2.24, 2.45) is 11.7 Å². The molecule has 3 N–H and O–H groups in total. The average molecular weight is 388 g/mol. The van der Waals surface area contributed by atoms with Crippen molar-refractivity contribution in [1.82, 2.24) is 4.72 Å². The van der Waals surface area contributed by atoms with Gasteiger partial charge in [0, 0.05) is 12.6 Å². The van der Waals surface area contributed by atoms with Crippen molar-refractivity contribution in [2.45, 2.75) is 30.7 Å². The van der Waals surface area contributed by atoms with Gasteiger partial charge in [-0.3, -0.25) is 0 Å². The average Bonchev–Trinajstić information content (AvgIpc) is 3.14. The summed E-state index contributed by atoms with van der Waals surface area (Å²) in [6.45, 7) is 1.77. The maximum atomic E-state index is 13.3. The fraction of sp³-hybridized carbons (Fsp3) is 0.500. The zero-order valence-corrected chi connectivity index (χ0v) is 14.1. The maximum Gasteiger partial charge on any atom is 0.240 e. The molecule has 0 aromatic heterocycles. The molecule has 0 spiro atoms. The Balaban J connectivity index is 0.00000200. The molecule has 8 heteroatoms. The second-order valence-electron chi connectivity index (χ2n) is 4.88. The summed E-state index contributed by atoms with van der Waals surface area (Å²) in [6, 6.07) is 2.31. The summed E-state index contributed by atoms with van der Waals surface area (Å²) >= 11 is 2.99. The van der Waals surface area contributed by atoms with Crippen LogP contribution in [0.4, 0.5) is 4.39 Å². The van der Waals surface area contributed by atoms with Gasteiger partial charge in [0.15, 0.2) is 0 Å². The van der Waals surface area contributed by atoms with Crippen LogP contribution in [0.25, 0.3) is 0 Å². The Labute approximate surface area is 132 Å². The Morgan fingerprint density at radius 3 is 2.65 bits per heavy atom. The first-order chi connectivity index (χ1) is 8.81. The van der Waals surface area contributed by atoms with Crippen LogP contribution in [0.1, 0.15) is 18.4 Å². The Hall–Kier alpha value is -0.210. The van der Waals surface area contributed by atoms with Gasteiger partial charge in [-0.25, -0.2) is 17.5 Å². The molecule has 114 valence electrons. The van der Waals surface area contributed by atoms with Crippen LogP contribution in [-0.4, -0.2) is 21.0 Å². The quantitative estimate of drug-likeness (QED) is 0.814. The molecule has 1 aliphatic carbocycles. The van der Waals surface area contributed by atoms with Gasteiger partial charge in [0.2, 0.25) is 10.0 Å². The van der Waals surface area contributed by atoms with Crippen LogP contribution in [-0.2, 0) is 10.0 Å². The van der Waals surface area contributed by atoms with E-state index in [4.69, 9.17) is 5.73 Å². The van der Waals surface area contributed by atoms with E-state index >= 15 is 0 Å². The number of halogens is 3. The Morgan fingerprint density at radius 1 is 1.50 bits per heavy atom. The molecular formula is C12H17BrClFN2O2S. The highest BCUT2D eigenvalue weighted by Crippen LogP contribution is 2.31. The number of rotatable bonds is 5. The third-order valence-corrected chi connectivity index (χ3v) is 5.42. The van der Waals surface area contributed by atoms with Gasteiger partial charge < -0.3 is 5.73 Å². The summed E-state index contributed by atoms with van der Waals surface area (Å²) in [4.78, 5) is 0.0729. The van der Waals surface area contributed by atoms with Crippen molar-refractivity contribution in [1.29, 1.82) is 0 Å². The summed E-state index contributed by atoms with van der Waals surface area (Å²) < 4.78 is 40.2. The number of nitrogens with two attached hydrogens (primary N) is 1. The van der Waals surface area contributed by atoms with E-state index in [-0.39, 0.29) is 34.4 Å². The molecule has 1 fully saturated rings. The van der Waals surface area contributed by atoms with Gasteiger partial charge in [0.25, 0.3) is 0 Å². The number of nitrogens with one attached hydrogen (secondary N) is 1. The molecule has 1 saturated carbocycles. The highest BCUT2D eigenvalue weighted by Gasteiger charge is 2.29. The molecule has 0 radical (unpaired) electrons. The topological polar surface area (TPSA) is 72.2 Å². The summed E-state index contributed by atoms with van der Waals surface area (Å²) in [5.74, 6) is -0.0603. The number of aryl methyl sites for hydroxylation is 1. The van der Waals surface area contributed by atoms with Gasteiger partial charge in [-0.05, 0) is 59.3 Å². The smallest absolute Gasteiger partial charge is 0.240 e. The lowest BCUT2D eigenvalue weighted by Gasteiger charge is -2.14. The van der Waals surface area contributed by atoms with Crippen LogP contribution in [0.3, 0.4) is 0 Å². The van der Waals surface area contributed by atoms with Crippen molar-refractivity contribution in [3.8, 4) is 0 Å². The molecule has 0 heterocycles. The van der Waals surface area contributed by atoms with Crippen molar-refractivity contribution in [3.63, 3.8) is 0 Å². The molecule has 1 atom stereocenters. The molecule has 20 heavy (non-hydrogen) atoms. The van der Waals surface area contributed by atoms with Gasteiger partial charge in [-0.15, -0.1) is 12.4 Å². The normalized spacial score (nSPS) is 16.6. The maximum absolute atomic E-state index is 13.3. The highest BCUT2D eigenvalue weighted by atomic mass is 79.9. The Morgan fingerprint density at radius 2 is 2.10 bits per heavy atom. The summed E-state index contributed by atoms with van der Waals surface area (Å²) in [5, 5.41) is 0. The third kappa shape index (κ3) is 4.14. The zero-order chi connectivity index (χ0) is 14.2. The summed E-state index contributed by atoms with van der Waals surface area (Å²) in [6.07, 6.45) is 2.12. The van der Waals surface area contributed by atoms with Gasteiger partial charge in [-0.2, -0.15) is 0 Å². The van der Waals surface area contributed by atoms with E-state index in [1.54, 1.807) is 6.92 Å². The highest BCUT2D eigenvalue weighted by molar-refractivity contribution is 9.10. The Kier molecular flexibility index (Phi) is 5.98. The molecule has 1 aliphatic rings. The van der Waals surface area contributed by atoms with Crippen LogP contribution in [0, 0.1) is 18.7 Å². The second-order valence-corrected chi connectivity index (χ2v) is 7.47. The number of hydrogen-bond donors (Lipinski definition) is 2. The van der Waals surface area contributed by atoms with Gasteiger partial charge >= 0.3 is 0 Å². The first-order valence-electron chi connectivity index (χ1n) is 6.02. The minimum absolute atomic E-state index is 0. The standard InChI is InChI=1S/C12H16BrFN2O2S.ClH/c1-7-4-10(14)9(13)5-12(7)19(17,18)16-6-11(15)8-2-3-8;/h4-5,8,11,16H,2-3,6,15H2,1H3;1H. The molecule has 1 aromatic carbocycles. The third-order valence-electron chi connectivity index (χ3n) is 3.24. The molecule has 1 unspecified atom stereocenters. The van der Waals surface area contributed by atoms with Gasteiger partial charge in [-0.1, -0.05) is 0 Å². The fourth-order valence-corrected chi connectivity index (χ4v) is 3.71. The predicted molar refractivity (Wildman–Crippen MR) is 82.0 cm³/mol. The lowest BCUT2D eigenvalue weighted by atomic mass is 10.2. The van der Waals surface area contributed by atoms with E-state index < -0.39 is 15.8 Å². The van der Waals surface area contributed by atoms with Crippen LogP contribution >= 0.6 is 28.3 Å². The largest absolute Gasteiger partial charge is 0.326 e. The number of sulfonamides is 1. The monoisotopic (exact) mass is 386 g/mol. The van der Waals surface area contributed by atoms with Crippen molar-refractivity contribution in [2.75, 3.05) is 6.54 Å². The summed E-state index contributed by atoms with van der Waals surface area (Å²) in [5.41, 5.74) is 6.23. The van der Waals surface area contributed by atoms with Crippen molar-refractivity contribution >= 4 is 38.4 Å². The first-order valence-corrected chi connectivity index (χ1v) is 8.30. The molecule has 1 aromatic rings. The SMILES string of the molecule is Cc1cc(F)c(Br)cc1S(=O)(=O)NCC(N)C1CC1.Cl. The fourth-order valence-electron chi connectivity index (χ4n) is 1.89. The van der Waals surface area contributed by atoms with E-state index in [2.05, 4.69) is 20.7 Å². The van der Waals surface area contributed by atoms with Gasteiger partial charge in [0.05, 0.1) is 9.37 Å². The summed E-state index contributed by atoms with van der Waals surface area (Å²) in [7, 11) is -3.66. The van der Waals surface area contributed by atoms with Crippen LogP contribution < -0.4 is 10.5 Å². The van der Waals surface area contributed by atoms with Crippen LogP contribution in [0.5, 0.6) is 0 Å². The van der Waals surface area contributed by atoms with Crippen molar-refractivity contribution < 1.29 is 12.8 Å². The minimum Gasteiger partial charge on any atom is -0.326 e. The molecule has 0 aliphatic heterocycles. The van der Waals surface area contributed by atoms with Crippen molar-refractivity contribution in [3.05, 3.63) is 28.0 Å². The number of hydrogen-bond acceptors (Lipinski definition) is 3. The zero-order valence-electron chi connectivity index (χ0n) is 10.9. The van der Waals surface area contributed by atoms with E-state index in [0.717, 1.165) is 12.8 Å². The van der Waals surface area contributed by atoms with E-state index in [9.17, 15) is 12.8 Å². The predicted octanol–water partition coefficient (Wildman–Crippen LogP) is 2.33. The van der Waals surface area contributed by atoms with E-state index in [1.165, 1.54) is 12.1 Å². The second kappa shape index (κ2) is 6.70. The minimum atomic E-state index is -3.66. The molecule has 0 amide bonds. The van der Waals surface area contributed by atoms with Gasteiger partial charge in [0.1, 0.15) is 5.82 Å². The lowest BCUT2D eigenvalue weighted by molar-refractivity contribution is 0.547. The van der Waals surface area contributed by atoms with E-state index in [0.29, 0.717) is 11.5 Å². The van der Waals surface area contributed by atoms with E-state index in [1.807, 2.05) is 0 Å². The molecule has 0 bridgehead atoms. The molecule has 2 rings (SSSR count). The molecule has 0 saturated heterocycles. The first kappa shape index (κ1) is 17.8. The molecule has 4 nitrogen and oxygen atoms in total. The molecular weight excluding hydrogens is 371 g/mol. The van der Waals surface area contributed by atoms with Crippen LogP contribution in [0.2, 0.25) is 0 Å². The lowest BCUT2D eigenvalue weighted by Crippen LogP contribution is -2.38.